The Hall–Kier alpha value is -0.280. The third kappa shape index (κ3) is 3.99. The van der Waals surface area contributed by atoms with Crippen LogP contribution >= 0.6 is 23.2 Å². The minimum absolute atomic E-state index is 0.120. The van der Waals surface area contributed by atoms with Crippen LogP contribution in [0.15, 0.2) is 18.2 Å². The van der Waals surface area contributed by atoms with Crippen molar-refractivity contribution in [3.05, 3.63) is 33.8 Å². The van der Waals surface area contributed by atoms with Crippen molar-refractivity contribution in [2.75, 3.05) is 13.2 Å². The van der Waals surface area contributed by atoms with E-state index in [1.165, 1.54) is 0 Å². The fourth-order valence-corrected chi connectivity index (χ4v) is 1.78. The number of aryl methyl sites for hydroxylation is 1. The van der Waals surface area contributed by atoms with Crippen molar-refractivity contribution in [3.63, 3.8) is 0 Å². The Balaban J connectivity index is 2.60. The second kappa shape index (κ2) is 6.33. The van der Waals surface area contributed by atoms with Crippen molar-refractivity contribution < 1.29 is 5.11 Å². The molecule has 84 valence electrons. The van der Waals surface area contributed by atoms with Gasteiger partial charge in [-0.1, -0.05) is 23.2 Å². The van der Waals surface area contributed by atoms with Gasteiger partial charge in [-0.25, -0.2) is 0 Å². The molecule has 0 aliphatic rings. The van der Waals surface area contributed by atoms with Crippen molar-refractivity contribution >= 4 is 23.2 Å². The first kappa shape index (κ1) is 12.8. The molecular formula is C11H15Cl2NO. The molecule has 0 radical (unpaired) electrons. The summed E-state index contributed by atoms with van der Waals surface area (Å²) in [7, 11) is 0. The number of halogens is 2. The quantitative estimate of drug-likeness (QED) is 0.840. The maximum absolute atomic E-state index is 8.99. The van der Waals surface area contributed by atoms with Crippen molar-refractivity contribution in [1.29, 1.82) is 0 Å². The molecule has 15 heavy (non-hydrogen) atoms. The van der Waals surface area contributed by atoms with E-state index < -0.39 is 0 Å². The monoisotopic (exact) mass is 247 g/mol. The van der Waals surface area contributed by atoms with E-state index in [0.717, 1.165) is 18.4 Å². The van der Waals surface area contributed by atoms with Crippen LogP contribution in [-0.2, 0) is 6.42 Å². The van der Waals surface area contributed by atoms with Crippen LogP contribution in [0.3, 0.4) is 0 Å². The minimum Gasteiger partial charge on any atom is -0.396 e. The summed E-state index contributed by atoms with van der Waals surface area (Å²) in [5.74, 6) is 0.139. The second-order valence-electron chi connectivity index (χ2n) is 3.56. The Kier molecular flexibility index (Phi) is 5.40. The predicted octanol–water partition coefficient (Wildman–Crippen LogP) is 2.49. The molecule has 1 rings (SSSR count). The summed E-state index contributed by atoms with van der Waals surface area (Å²) < 4.78 is 0. The third-order valence-electron chi connectivity index (χ3n) is 2.42. The van der Waals surface area contributed by atoms with Crippen molar-refractivity contribution in [1.82, 2.24) is 0 Å². The van der Waals surface area contributed by atoms with Crippen LogP contribution in [0.25, 0.3) is 0 Å². The van der Waals surface area contributed by atoms with E-state index in [4.69, 9.17) is 34.0 Å². The third-order valence-corrected chi connectivity index (χ3v) is 3.03. The molecular weight excluding hydrogens is 233 g/mol. The van der Waals surface area contributed by atoms with Crippen LogP contribution in [0.4, 0.5) is 0 Å². The Morgan fingerprint density at radius 2 is 2.07 bits per heavy atom. The maximum Gasteiger partial charge on any atom is 0.0471 e. The van der Waals surface area contributed by atoms with Gasteiger partial charge in [0.05, 0.1) is 0 Å². The van der Waals surface area contributed by atoms with E-state index in [-0.39, 0.29) is 12.5 Å². The van der Waals surface area contributed by atoms with E-state index in [1.54, 1.807) is 12.1 Å². The fraction of sp³-hybridized carbons (Fsp3) is 0.455. The lowest BCUT2D eigenvalue weighted by molar-refractivity contribution is 0.223. The molecule has 3 N–H and O–H groups in total. The number of hydrogen-bond donors (Lipinski definition) is 2. The van der Waals surface area contributed by atoms with Gasteiger partial charge in [-0.05, 0) is 49.1 Å². The summed E-state index contributed by atoms with van der Waals surface area (Å²) in [5, 5.41) is 10.4. The van der Waals surface area contributed by atoms with Gasteiger partial charge in [-0.2, -0.15) is 0 Å². The fourth-order valence-electron chi connectivity index (χ4n) is 1.38. The molecule has 0 heterocycles. The standard InChI is InChI=1S/C11H15Cl2NO/c12-10-3-4-11(13)9(5-10)2-1-8(6-14)7-15/h3-5,8,15H,1-2,6-7,14H2. The van der Waals surface area contributed by atoms with Crippen molar-refractivity contribution in [2.24, 2.45) is 11.7 Å². The molecule has 1 aromatic carbocycles. The zero-order valence-electron chi connectivity index (χ0n) is 8.42. The van der Waals surface area contributed by atoms with Crippen LogP contribution in [0.1, 0.15) is 12.0 Å². The van der Waals surface area contributed by atoms with Gasteiger partial charge >= 0.3 is 0 Å². The van der Waals surface area contributed by atoms with Gasteiger partial charge in [0.2, 0.25) is 0 Å². The number of aliphatic hydroxyl groups is 1. The SMILES string of the molecule is NCC(CO)CCc1cc(Cl)ccc1Cl. The number of nitrogens with two attached hydrogens (primary N) is 1. The molecule has 1 atom stereocenters. The van der Waals surface area contributed by atoms with E-state index in [2.05, 4.69) is 0 Å². The smallest absolute Gasteiger partial charge is 0.0471 e. The molecule has 0 bridgehead atoms. The minimum atomic E-state index is 0.120. The average Bonchev–Trinajstić information content (AvgIpc) is 2.24. The molecule has 2 nitrogen and oxygen atoms in total. The van der Waals surface area contributed by atoms with Gasteiger partial charge in [-0.3, -0.25) is 0 Å². The van der Waals surface area contributed by atoms with Crippen LogP contribution in [0.5, 0.6) is 0 Å². The Bertz CT molecular complexity index is 313. The lowest BCUT2D eigenvalue weighted by Crippen LogP contribution is -2.18. The topological polar surface area (TPSA) is 46.2 Å². The van der Waals surface area contributed by atoms with Gasteiger partial charge in [-0.15, -0.1) is 0 Å². The normalized spacial score (nSPS) is 12.8. The zero-order valence-corrected chi connectivity index (χ0v) is 9.93. The molecule has 0 saturated carbocycles. The van der Waals surface area contributed by atoms with Crippen LogP contribution in [0.2, 0.25) is 10.0 Å². The highest BCUT2D eigenvalue weighted by Crippen LogP contribution is 2.22. The lowest BCUT2D eigenvalue weighted by Gasteiger charge is -2.11. The Morgan fingerprint density at radius 3 is 2.67 bits per heavy atom. The highest BCUT2D eigenvalue weighted by molar-refractivity contribution is 6.33. The molecule has 1 aromatic rings. The summed E-state index contributed by atoms with van der Waals surface area (Å²) in [5.41, 5.74) is 6.51. The van der Waals surface area contributed by atoms with Gasteiger partial charge in [0.15, 0.2) is 0 Å². The summed E-state index contributed by atoms with van der Waals surface area (Å²) in [4.78, 5) is 0. The molecule has 1 unspecified atom stereocenters. The van der Waals surface area contributed by atoms with Gasteiger partial charge < -0.3 is 10.8 Å². The first-order valence-electron chi connectivity index (χ1n) is 4.92. The van der Waals surface area contributed by atoms with E-state index in [9.17, 15) is 0 Å². The number of benzene rings is 1. The summed E-state index contributed by atoms with van der Waals surface area (Å²) in [6.07, 6.45) is 1.62. The maximum atomic E-state index is 8.99. The lowest BCUT2D eigenvalue weighted by atomic mass is 10.0. The number of rotatable bonds is 5. The molecule has 4 heteroatoms. The molecule has 0 saturated heterocycles. The van der Waals surface area contributed by atoms with Crippen LogP contribution in [-0.4, -0.2) is 18.3 Å². The zero-order chi connectivity index (χ0) is 11.3. The van der Waals surface area contributed by atoms with E-state index in [0.29, 0.717) is 16.6 Å². The van der Waals surface area contributed by atoms with Crippen LogP contribution in [0, 0.1) is 5.92 Å². The van der Waals surface area contributed by atoms with Gasteiger partial charge in [0.1, 0.15) is 0 Å². The number of hydrogen-bond acceptors (Lipinski definition) is 2. The van der Waals surface area contributed by atoms with Crippen molar-refractivity contribution in [3.8, 4) is 0 Å². The summed E-state index contributed by atoms with van der Waals surface area (Å²) in [6.45, 7) is 0.614. The molecule has 0 spiro atoms. The van der Waals surface area contributed by atoms with Gasteiger partial charge in [0.25, 0.3) is 0 Å². The highest BCUT2D eigenvalue weighted by Gasteiger charge is 2.07. The molecule has 0 fully saturated rings. The second-order valence-corrected chi connectivity index (χ2v) is 4.40. The van der Waals surface area contributed by atoms with Gasteiger partial charge in [0, 0.05) is 16.7 Å². The summed E-state index contributed by atoms with van der Waals surface area (Å²) >= 11 is 11.9. The summed E-state index contributed by atoms with van der Waals surface area (Å²) in [6, 6.07) is 5.41. The first-order valence-corrected chi connectivity index (χ1v) is 5.67. The molecule has 0 aliphatic heterocycles. The first-order chi connectivity index (χ1) is 7.17. The Labute approximate surface area is 100.0 Å². The van der Waals surface area contributed by atoms with E-state index in [1.807, 2.05) is 6.07 Å². The molecule has 0 aromatic heterocycles. The highest BCUT2D eigenvalue weighted by atomic mass is 35.5. The van der Waals surface area contributed by atoms with Crippen LogP contribution < -0.4 is 5.73 Å². The van der Waals surface area contributed by atoms with Crippen molar-refractivity contribution in [2.45, 2.75) is 12.8 Å². The number of aliphatic hydroxyl groups excluding tert-OH is 1. The molecule has 0 amide bonds. The predicted molar refractivity (Wildman–Crippen MR) is 64.4 cm³/mol. The molecule has 0 aliphatic carbocycles. The Morgan fingerprint density at radius 1 is 1.33 bits per heavy atom. The van der Waals surface area contributed by atoms with E-state index >= 15 is 0 Å². The average molecular weight is 248 g/mol. The largest absolute Gasteiger partial charge is 0.396 e.